The van der Waals surface area contributed by atoms with Crippen LogP contribution in [0.3, 0.4) is 0 Å². The van der Waals surface area contributed by atoms with Gasteiger partial charge in [0.25, 0.3) is 0 Å². The van der Waals surface area contributed by atoms with Crippen LogP contribution in [-0.4, -0.2) is 50.9 Å². The van der Waals surface area contributed by atoms with Crippen LogP contribution in [0, 0.1) is 5.82 Å². The van der Waals surface area contributed by atoms with Crippen LogP contribution in [0.4, 0.5) is 4.39 Å². The molecular weight excluding hydrogens is 323 g/mol. The Kier molecular flexibility index (Phi) is 6.47. The lowest BCUT2D eigenvalue weighted by Crippen LogP contribution is -2.42. The third-order valence-electron chi connectivity index (χ3n) is 4.59. The van der Waals surface area contributed by atoms with Crippen LogP contribution in [0.15, 0.2) is 17.1 Å². The molecule has 1 saturated heterocycles. The van der Waals surface area contributed by atoms with Gasteiger partial charge in [0, 0.05) is 37.8 Å². The number of fused-ring (bicyclic) bond motifs is 1. The van der Waals surface area contributed by atoms with Gasteiger partial charge in [-0.25, -0.2) is 4.39 Å². The quantitative estimate of drug-likeness (QED) is 0.627. The molecule has 0 radical (unpaired) electrons. The Morgan fingerprint density at radius 2 is 2.08 bits per heavy atom. The molecule has 0 spiro atoms. The fourth-order valence-electron chi connectivity index (χ4n) is 3.30. The zero-order valence-electron chi connectivity index (χ0n) is 14.8. The number of aliphatic imine (C=N–C) groups is 1. The molecular formula is C18H27FN4O2. The number of rotatable bonds is 5. The van der Waals surface area contributed by atoms with Gasteiger partial charge in [0.05, 0.1) is 6.61 Å². The number of hydrogen-bond acceptors (Lipinski definition) is 4. The molecule has 2 heterocycles. The van der Waals surface area contributed by atoms with Gasteiger partial charge < -0.3 is 25.0 Å². The van der Waals surface area contributed by atoms with Gasteiger partial charge in [-0.2, -0.15) is 0 Å². The molecule has 7 heteroatoms. The van der Waals surface area contributed by atoms with Crippen molar-refractivity contribution in [1.82, 2.24) is 15.5 Å². The fraction of sp³-hybridized carbons (Fsp3) is 0.611. The van der Waals surface area contributed by atoms with Gasteiger partial charge in [-0.1, -0.05) is 6.42 Å². The van der Waals surface area contributed by atoms with Crippen LogP contribution < -0.4 is 15.4 Å². The van der Waals surface area contributed by atoms with Gasteiger partial charge in [0.1, 0.15) is 11.6 Å². The summed E-state index contributed by atoms with van der Waals surface area (Å²) in [6, 6.07) is 2.96. The number of likely N-dealkylation sites (tertiary alicyclic amines) is 1. The maximum absolute atomic E-state index is 13.8. The van der Waals surface area contributed by atoms with Crippen molar-refractivity contribution in [2.24, 2.45) is 4.99 Å². The van der Waals surface area contributed by atoms with E-state index >= 15 is 0 Å². The van der Waals surface area contributed by atoms with E-state index in [2.05, 4.69) is 20.5 Å². The predicted octanol–water partition coefficient (Wildman–Crippen LogP) is 1.84. The van der Waals surface area contributed by atoms with Gasteiger partial charge in [0.15, 0.2) is 12.8 Å². The SMILES string of the molecule is CN=C(NCCN1CCCCC1)NCc1cc(F)cc2c1OCOC2. The van der Waals surface area contributed by atoms with E-state index in [0.717, 1.165) is 24.2 Å². The Morgan fingerprint density at radius 1 is 1.24 bits per heavy atom. The van der Waals surface area contributed by atoms with Gasteiger partial charge in [-0.05, 0) is 38.1 Å². The minimum absolute atomic E-state index is 0.203. The van der Waals surface area contributed by atoms with Crippen molar-refractivity contribution < 1.29 is 13.9 Å². The predicted molar refractivity (Wildman–Crippen MR) is 95.2 cm³/mol. The maximum atomic E-state index is 13.8. The fourth-order valence-corrected chi connectivity index (χ4v) is 3.30. The number of nitrogens with one attached hydrogen (secondary N) is 2. The molecule has 138 valence electrons. The highest BCUT2D eigenvalue weighted by atomic mass is 19.1. The highest BCUT2D eigenvalue weighted by molar-refractivity contribution is 5.79. The Balaban J connectivity index is 1.50. The molecule has 0 bridgehead atoms. The molecule has 2 aliphatic heterocycles. The van der Waals surface area contributed by atoms with Gasteiger partial charge in [0.2, 0.25) is 0 Å². The summed E-state index contributed by atoms with van der Waals surface area (Å²) in [7, 11) is 1.74. The molecule has 1 aromatic rings. The maximum Gasteiger partial charge on any atom is 0.191 e. The molecule has 0 saturated carbocycles. The summed E-state index contributed by atoms with van der Waals surface area (Å²) in [6.07, 6.45) is 3.93. The van der Waals surface area contributed by atoms with Crippen LogP contribution in [0.5, 0.6) is 5.75 Å². The van der Waals surface area contributed by atoms with E-state index in [1.807, 2.05) is 0 Å². The highest BCUT2D eigenvalue weighted by Crippen LogP contribution is 2.29. The number of hydrogen-bond donors (Lipinski definition) is 2. The molecule has 0 aromatic heterocycles. The number of guanidine groups is 1. The van der Waals surface area contributed by atoms with E-state index in [4.69, 9.17) is 9.47 Å². The van der Waals surface area contributed by atoms with Crippen molar-refractivity contribution in [3.8, 4) is 5.75 Å². The molecule has 2 aliphatic rings. The van der Waals surface area contributed by atoms with E-state index < -0.39 is 0 Å². The Bertz CT molecular complexity index is 603. The first kappa shape index (κ1) is 17.9. The third kappa shape index (κ3) is 5.06. The van der Waals surface area contributed by atoms with E-state index in [9.17, 15) is 4.39 Å². The Labute approximate surface area is 148 Å². The van der Waals surface area contributed by atoms with E-state index in [-0.39, 0.29) is 12.6 Å². The lowest BCUT2D eigenvalue weighted by atomic mass is 10.1. The number of halogens is 1. The first-order valence-electron chi connectivity index (χ1n) is 8.95. The Morgan fingerprint density at radius 3 is 2.88 bits per heavy atom. The standard InChI is InChI=1S/C18H27FN4O2/c1-20-18(21-5-8-23-6-3-2-4-7-23)22-11-14-9-16(19)10-15-12-24-13-25-17(14)15/h9-10H,2-8,11-13H2,1H3,(H2,20,21,22). The molecule has 0 amide bonds. The van der Waals surface area contributed by atoms with Crippen molar-refractivity contribution in [2.75, 3.05) is 40.0 Å². The van der Waals surface area contributed by atoms with Gasteiger partial charge in [-0.3, -0.25) is 4.99 Å². The summed E-state index contributed by atoms with van der Waals surface area (Å²) in [6.45, 7) is 5.24. The molecule has 25 heavy (non-hydrogen) atoms. The molecule has 0 unspecified atom stereocenters. The minimum Gasteiger partial charge on any atom is -0.467 e. The van der Waals surface area contributed by atoms with Crippen LogP contribution in [0.1, 0.15) is 30.4 Å². The second kappa shape index (κ2) is 9.01. The number of nitrogens with zero attached hydrogens (tertiary/aromatic N) is 2. The average molecular weight is 350 g/mol. The second-order valence-electron chi connectivity index (χ2n) is 6.42. The van der Waals surface area contributed by atoms with Crippen LogP contribution >= 0.6 is 0 Å². The van der Waals surface area contributed by atoms with Crippen molar-refractivity contribution >= 4 is 5.96 Å². The summed E-state index contributed by atoms with van der Waals surface area (Å²) in [5.41, 5.74) is 1.52. The molecule has 1 fully saturated rings. The van der Waals surface area contributed by atoms with Crippen molar-refractivity contribution in [3.63, 3.8) is 0 Å². The molecule has 6 nitrogen and oxygen atoms in total. The zero-order valence-corrected chi connectivity index (χ0v) is 14.8. The molecule has 0 aliphatic carbocycles. The van der Waals surface area contributed by atoms with Crippen LogP contribution in [0.2, 0.25) is 0 Å². The van der Waals surface area contributed by atoms with E-state index in [1.165, 1.54) is 44.5 Å². The van der Waals surface area contributed by atoms with Gasteiger partial charge in [-0.15, -0.1) is 0 Å². The van der Waals surface area contributed by atoms with Crippen LogP contribution in [-0.2, 0) is 17.9 Å². The second-order valence-corrected chi connectivity index (χ2v) is 6.42. The summed E-state index contributed by atoms with van der Waals surface area (Å²) in [5.74, 6) is 1.14. The smallest absolute Gasteiger partial charge is 0.191 e. The third-order valence-corrected chi connectivity index (χ3v) is 4.59. The van der Waals surface area contributed by atoms with Gasteiger partial charge >= 0.3 is 0 Å². The summed E-state index contributed by atoms with van der Waals surface area (Å²) < 4.78 is 24.5. The first-order valence-corrected chi connectivity index (χ1v) is 8.95. The van der Waals surface area contributed by atoms with Crippen molar-refractivity contribution in [1.29, 1.82) is 0 Å². The lowest BCUT2D eigenvalue weighted by Gasteiger charge is -2.26. The Hall–Kier alpha value is -1.86. The van der Waals surface area contributed by atoms with E-state index in [1.54, 1.807) is 7.05 Å². The van der Waals surface area contributed by atoms with Crippen molar-refractivity contribution in [3.05, 3.63) is 29.1 Å². The summed E-state index contributed by atoms with van der Waals surface area (Å²) in [4.78, 5) is 6.71. The largest absolute Gasteiger partial charge is 0.467 e. The summed E-state index contributed by atoms with van der Waals surface area (Å²) >= 11 is 0. The normalized spacial score (nSPS) is 18.4. The molecule has 1 aromatic carbocycles. The highest BCUT2D eigenvalue weighted by Gasteiger charge is 2.17. The molecule has 2 N–H and O–H groups in total. The summed E-state index contributed by atoms with van der Waals surface area (Å²) in [5, 5.41) is 6.55. The number of ether oxygens (including phenoxy) is 2. The lowest BCUT2D eigenvalue weighted by molar-refractivity contribution is -0.0172. The van der Waals surface area contributed by atoms with Crippen LogP contribution in [0.25, 0.3) is 0 Å². The average Bonchev–Trinajstić information content (AvgIpc) is 2.65. The monoisotopic (exact) mass is 350 g/mol. The number of piperidine rings is 1. The topological polar surface area (TPSA) is 58.1 Å². The zero-order chi connectivity index (χ0) is 17.5. The number of benzene rings is 1. The van der Waals surface area contributed by atoms with Crippen molar-refractivity contribution in [2.45, 2.75) is 32.4 Å². The minimum atomic E-state index is -0.280. The molecule has 3 rings (SSSR count). The first-order chi connectivity index (χ1) is 12.3. The molecule has 0 atom stereocenters. The van der Waals surface area contributed by atoms with E-state index in [0.29, 0.717) is 24.9 Å².